The van der Waals surface area contributed by atoms with Gasteiger partial charge in [0.25, 0.3) is 0 Å². The lowest BCUT2D eigenvalue weighted by molar-refractivity contribution is -0.143. The van der Waals surface area contributed by atoms with Crippen molar-refractivity contribution in [3.63, 3.8) is 0 Å². The minimum absolute atomic E-state index is 0.0826. The Bertz CT molecular complexity index is 987. The van der Waals surface area contributed by atoms with Crippen LogP contribution in [-0.4, -0.2) is 27.3 Å². The number of hydrogen-bond donors (Lipinski definition) is 3. The first-order valence-electron chi connectivity index (χ1n) is 8.86. The fourth-order valence-corrected chi connectivity index (χ4v) is 3.34. The third-order valence-electron chi connectivity index (χ3n) is 4.32. The number of halogens is 2. The molecule has 3 N–H and O–H groups in total. The topological polar surface area (TPSA) is 88.4 Å². The fourth-order valence-electron chi connectivity index (χ4n) is 2.85. The summed E-state index contributed by atoms with van der Waals surface area (Å²) in [7, 11) is 0. The molecule has 0 atom stereocenters. The van der Waals surface area contributed by atoms with Crippen LogP contribution in [0, 0.1) is 6.92 Å². The zero-order valence-electron chi connectivity index (χ0n) is 15.7. The molecule has 29 heavy (non-hydrogen) atoms. The summed E-state index contributed by atoms with van der Waals surface area (Å²) in [5.74, 6) is 0.759. The van der Waals surface area contributed by atoms with E-state index in [2.05, 4.69) is 15.8 Å². The Kier molecular flexibility index (Phi) is 6.98. The number of hydrogen-bond acceptors (Lipinski definition) is 6. The summed E-state index contributed by atoms with van der Waals surface area (Å²) in [4.78, 5) is 16.4. The van der Waals surface area contributed by atoms with Crippen molar-refractivity contribution in [2.75, 3.05) is 17.4 Å². The normalized spacial score (nSPS) is 10.6. The molecule has 0 aliphatic heterocycles. The number of rotatable bonds is 8. The number of ether oxygens (including phenoxy) is 1. The lowest BCUT2D eigenvalue weighted by atomic mass is 10.1. The molecule has 0 saturated carbocycles. The molecule has 0 radical (unpaired) electrons. The molecule has 0 aliphatic carbocycles. The van der Waals surface area contributed by atoms with E-state index in [1.54, 1.807) is 29.7 Å². The van der Waals surface area contributed by atoms with Crippen molar-refractivity contribution >= 4 is 46.4 Å². The first kappa shape index (κ1) is 21.0. The van der Waals surface area contributed by atoms with Crippen molar-refractivity contribution < 1.29 is 14.7 Å². The van der Waals surface area contributed by atoms with Gasteiger partial charge in [0.1, 0.15) is 18.2 Å². The number of para-hydroxylation sites is 2. The molecule has 0 spiro atoms. The van der Waals surface area contributed by atoms with Gasteiger partial charge in [-0.3, -0.25) is 15.5 Å². The molecule has 1 heterocycles. The fraction of sp³-hybridized carbons (Fsp3) is 0.200. The van der Waals surface area contributed by atoms with Crippen molar-refractivity contribution in [3.05, 3.63) is 70.1 Å². The molecular formula is C20H20Cl2N4O3. The Hall–Kier alpha value is -2.74. The molecule has 0 aliphatic rings. The summed E-state index contributed by atoms with van der Waals surface area (Å²) in [6, 6.07) is 12.6. The Balaban J connectivity index is 1.63. The third-order valence-corrected chi connectivity index (χ3v) is 4.95. The SMILES string of the molecule is Cc1ncc(NO)n1CCOC(=O)Cc1ccccc1Nc1c(Cl)cccc1Cl. The number of carbonyl (C=O) groups excluding carboxylic acids is 1. The van der Waals surface area contributed by atoms with Crippen LogP contribution in [0.4, 0.5) is 17.2 Å². The molecule has 0 unspecified atom stereocenters. The summed E-state index contributed by atoms with van der Waals surface area (Å²) in [6.07, 6.45) is 1.58. The number of anilines is 3. The van der Waals surface area contributed by atoms with Crippen LogP contribution in [0.5, 0.6) is 0 Å². The molecule has 0 bridgehead atoms. The number of carbonyl (C=O) groups is 1. The number of aromatic nitrogens is 2. The van der Waals surface area contributed by atoms with E-state index in [9.17, 15) is 4.79 Å². The molecule has 0 fully saturated rings. The second kappa shape index (κ2) is 9.65. The second-order valence-corrected chi connectivity index (χ2v) is 7.04. The van der Waals surface area contributed by atoms with E-state index in [0.29, 0.717) is 33.9 Å². The minimum Gasteiger partial charge on any atom is -0.464 e. The van der Waals surface area contributed by atoms with Crippen molar-refractivity contribution in [2.24, 2.45) is 0 Å². The number of nitrogens with one attached hydrogen (secondary N) is 2. The zero-order valence-corrected chi connectivity index (χ0v) is 17.2. The van der Waals surface area contributed by atoms with Crippen LogP contribution >= 0.6 is 23.2 Å². The standard InChI is InChI=1S/C20H20Cl2N4O3/c1-13-23-12-18(25-28)26(13)9-10-29-19(27)11-14-5-2-3-8-17(14)24-20-15(21)6-4-7-16(20)22/h2-8,12,24-25,28H,9-11H2,1H3. The maximum Gasteiger partial charge on any atom is 0.310 e. The summed E-state index contributed by atoms with van der Waals surface area (Å²) < 4.78 is 7.06. The second-order valence-electron chi connectivity index (χ2n) is 6.23. The summed E-state index contributed by atoms with van der Waals surface area (Å²) in [5.41, 5.74) is 4.12. The van der Waals surface area contributed by atoms with Gasteiger partial charge in [-0.15, -0.1) is 0 Å². The van der Waals surface area contributed by atoms with Crippen LogP contribution in [-0.2, 0) is 22.5 Å². The number of esters is 1. The summed E-state index contributed by atoms with van der Waals surface area (Å²) in [5, 5.41) is 13.2. The zero-order chi connectivity index (χ0) is 20.8. The number of imidazole rings is 1. The molecule has 0 amide bonds. The third kappa shape index (κ3) is 5.20. The Morgan fingerprint density at radius 3 is 2.62 bits per heavy atom. The number of nitrogens with zero attached hydrogens (tertiary/aromatic N) is 2. The van der Waals surface area contributed by atoms with Crippen LogP contribution in [0.1, 0.15) is 11.4 Å². The van der Waals surface area contributed by atoms with Gasteiger partial charge < -0.3 is 14.6 Å². The quantitative estimate of drug-likeness (QED) is 0.347. The molecule has 3 rings (SSSR count). The van der Waals surface area contributed by atoms with E-state index in [1.165, 1.54) is 6.20 Å². The maximum absolute atomic E-state index is 12.3. The van der Waals surface area contributed by atoms with Crippen LogP contribution < -0.4 is 10.8 Å². The largest absolute Gasteiger partial charge is 0.464 e. The Labute approximate surface area is 178 Å². The van der Waals surface area contributed by atoms with Crippen LogP contribution in [0.3, 0.4) is 0 Å². The molecule has 2 aromatic carbocycles. The van der Waals surface area contributed by atoms with Gasteiger partial charge in [0.05, 0.1) is 34.9 Å². The molecule has 7 nitrogen and oxygen atoms in total. The highest BCUT2D eigenvalue weighted by molar-refractivity contribution is 6.39. The van der Waals surface area contributed by atoms with Crippen LogP contribution in [0.25, 0.3) is 0 Å². The lowest BCUT2D eigenvalue weighted by Gasteiger charge is -2.14. The van der Waals surface area contributed by atoms with E-state index in [4.69, 9.17) is 33.1 Å². The van der Waals surface area contributed by atoms with Crippen molar-refractivity contribution in [2.45, 2.75) is 19.9 Å². The average Bonchev–Trinajstić information content (AvgIpc) is 3.06. The first-order chi connectivity index (χ1) is 14.0. The molecule has 3 aromatic rings. The van der Waals surface area contributed by atoms with Gasteiger partial charge in [-0.25, -0.2) is 4.98 Å². The number of aryl methyl sites for hydroxylation is 1. The van der Waals surface area contributed by atoms with E-state index < -0.39 is 0 Å². The maximum atomic E-state index is 12.3. The highest BCUT2D eigenvalue weighted by Crippen LogP contribution is 2.33. The van der Waals surface area contributed by atoms with Gasteiger partial charge in [-0.2, -0.15) is 0 Å². The molecule has 0 saturated heterocycles. The molecule has 1 aromatic heterocycles. The van der Waals surface area contributed by atoms with Gasteiger partial charge in [0.2, 0.25) is 0 Å². The van der Waals surface area contributed by atoms with E-state index >= 15 is 0 Å². The first-order valence-corrected chi connectivity index (χ1v) is 9.62. The van der Waals surface area contributed by atoms with E-state index in [0.717, 1.165) is 11.3 Å². The monoisotopic (exact) mass is 434 g/mol. The lowest BCUT2D eigenvalue weighted by Crippen LogP contribution is -2.15. The van der Waals surface area contributed by atoms with Crippen LogP contribution in [0.2, 0.25) is 10.0 Å². The highest BCUT2D eigenvalue weighted by Gasteiger charge is 2.13. The highest BCUT2D eigenvalue weighted by atomic mass is 35.5. The molecular weight excluding hydrogens is 415 g/mol. The van der Waals surface area contributed by atoms with Gasteiger partial charge in [0, 0.05) is 5.69 Å². The van der Waals surface area contributed by atoms with Gasteiger partial charge >= 0.3 is 5.97 Å². The van der Waals surface area contributed by atoms with Gasteiger partial charge in [-0.05, 0) is 30.7 Å². The molecule has 152 valence electrons. The van der Waals surface area contributed by atoms with Crippen molar-refractivity contribution in [1.29, 1.82) is 0 Å². The predicted molar refractivity (Wildman–Crippen MR) is 113 cm³/mol. The smallest absolute Gasteiger partial charge is 0.310 e. The van der Waals surface area contributed by atoms with Gasteiger partial charge in [0.15, 0.2) is 0 Å². The Morgan fingerprint density at radius 1 is 1.17 bits per heavy atom. The van der Waals surface area contributed by atoms with E-state index in [-0.39, 0.29) is 19.0 Å². The number of benzene rings is 2. The van der Waals surface area contributed by atoms with Crippen molar-refractivity contribution in [3.8, 4) is 0 Å². The average molecular weight is 435 g/mol. The summed E-state index contributed by atoms with van der Waals surface area (Å²) in [6.45, 7) is 2.32. The van der Waals surface area contributed by atoms with Crippen molar-refractivity contribution in [1.82, 2.24) is 9.55 Å². The summed E-state index contributed by atoms with van der Waals surface area (Å²) >= 11 is 12.4. The van der Waals surface area contributed by atoms with Crippen LogP contribution in [0.15, 0.2) is 48.7 Å². The Morgan fingerprint density at radius 2 is 1.90 bits per heavy atom. The van der Waals surface area contributed by atoms with Gasteiger partial charge in [-0.1, -0.05) is 47.5 Å². The minimum atomic E-state index is -0.374. The molecule has 9 heteroatoms. The predicted octanol–water partition coefficient (Wildman–Crippen LogP) is 4.83. The van der Waals surface area contributed by atoms with E-state index in [1.807, 2.05) is 24.3 Å².